The van der Waals surface area contributed by atoms with Gasteiger partial charge in [-0.25, -0.2) is 0 Å². The van der Waals surface area contributed by atoms with E-state index < -0.39 is 17.6 Å². The largest absolute Gasteiger partial charge is 0.416 e. The van der Waals surface area contributed by atoms with Gasteiger partial charge in [0.25, 0.3) is 5.91 Å². The zero-order valence-corrected chi connectivity index (χ0v) is 18.6. The highest BCUT2D eigenvalue weighted by atomic mass is 35.5. The summed E-state index contributed by atoms with van der Waals surface area (Å²) in [6, 6.07) is 9.62. The molecule has 0 aliphatic carbocycles. The maximum absolute atomic E-state index is 12.9. The molecule has 1 heterocycles. The maximum Gasteiger partial charge on any atom is 0.416 e. The molecule has 1 aliphatic rings. The Balaban J connectivity index is 1.65. The number of anilines is 1. The predicted octanol–water partition coefficient (Wildman–Crippen LogP) is 6.24. The molecule has 1 saturated heterocycles. The molecule has 1 N–H and O–H groups in total. The summed E-state index contributed by atoms with van der Waals surface area (Å²) in [7, 11) is 0. The van der Waals surface area contributed by atoms with Gasteiger partial charge in [-0.2, -0.15) is 13.2 Å². The molecule has 0 aromatic heterocycles. The van der Waals surface area contributed by atoms with Gasteiger partial charge in [0.1, 0.15) is 4.32 Å². The topological polar surface area (TPSA) is 49.4 Å². The predicted molar refractivity (Wildman–Crippen MR) is 121 cm³/mol. The lowest BCUT2D eigenvalue weighted by atomic mass is 10.2. The molecule has 0 radical (unpaired) electrons. The molecule has 162 valence electrons. The first kappa shape index (κ1) is 23.6. The molecule has 0 saturated carbocycles. The molecule has 11 heteroatoms. The van der Waals surface area contributed by atoms with E-state index in [-0.39, 0.29) is 33.9 Å². The second-order valence-corrected chi connectivity index (χ2v) is 8.84. The summed E-state index contributed by atoms with van der Waals surface area (Å²) in [5.74, 6) is -0.981. The van der Waals surface area contributed by atoms with Crippen molar-refractivity contribution in [3.63, 3.8) is 0 Å². The van der Waals surface area contributed by atoms with Gasteiger partial charge in [-0.05, 0) is 35.9 Å². The number of carbonyl (C=O) groups is 2. The van der Waals surface area contributed by atoms with Gasteiger partial charge in [-0.1, -0.05) is 65.4 Å². The van der Waals surface area contributed by atoms with Crippen molar-refractivity contribution in [1.29, 1.82) is 0 Å². The van der Waals surface area contributed by atoms with E-state index in [4.69, 9.17) is 35.4 Å². The summed E-state index contributed by atoms with van der Waals surface area (Å²) in [5.41, 5.74) is -0.444. The second-order valence-electron chi connectivity index (χ2n) is 6.35. The Morgan fingerprint density at radius 1 is 1.16 bits per heavy atom. The number of nitrogens with one attached hydrogen (secondary N) is 1. The van der Waals surface area contributed by atoms with Crippen molar-refractivity contribution in [2.75, 3.05) is 11.9 Å². The van der Waals surface area contributed by atoms with Crippen LogP contribution in [0.5, 0.6) is 0 Å². The number of hydrogen-bond acceptors (Lipinski definition) is 4. The van der Waals surface area contributed by atoms with E-state index in [9.17, 15) is 22.8 Å². The third-order valence-corrected chi connectivity index (χ3v) is 6.25. The van der Waals surface area contributed by atoms with E-state index in [2.05, 4.69) is 5.32 Å². The molecule has 2 aromatic rings. The van der Waals surface area contributed by atoms with Crippen molar-refractivity contribution < 1.29 is 22.8 Å². The van der Waals surface area contributed by atoms with Crippen molar-refractivity contribution in [3.8, 4) is 0 Å². The summed E-state index contributed by atoms with van der Waals surface area (Å²) in [4.78, 5) is 26.5. The van der Waals surface area contributed by atoms with Crippen molar-refractivity contribution in [2.24, 2.45) is 0 Å². The number of benzene rings is 2. The van der Waals surface area contributed by atoms with Crippen LogP contribution < -0.4 is 5.32 Å². The van der Waals surface area contributed by atoms with Crippen LogP contribution in [0.4, 0.5) is 18.9 Å². The number of thiocarbonyl (C=S) groups is 1. The number of thioether (sulfide) groups is 1. The molecule has 2 aromatic carbocycles. The molecule has 4 nitrogen and oxygen atoms in total. The standard InChI is InChI=1S/C20H13Cl2F3N2O2S2/c21-13-4-2-1-3-11(13)9-16-18(29)27(19(30)31-16)8-7-17(28)26-15-10-12(20(23,24)25)5-6-14(15)22/h1-6,9-10H,7-8H2,(H,26,28). The molecule has 2 amide bonds. The van der Waals surface area contributed by atoms with E-state index >= 15 is 0 Å². The van der Waals surface area contributed by atoms with Crippen molar-refractivity contribution in [2.45, 2.75) is 12.6 Å². The SMILES string of the molecule is O=C(CCN1C(=O)C(=Cc2ccccc2Cl)SC1=S)Nc1cc(C(F)(F)F)ccc1Cl. The van der Waals surface area contributed by atoms with Crippen LogP contribution >= 0.6 is 47.2 Å². The fraction of sp³-hybridized carbons (Fsp3) is 0.150. The van der Waals surface area contributed by atoms with Gasteiger partial charge in [0.05, 0.1) is 21.2 Å². The normalized spacial score (nSPS) is 15.6. The first-order valence-corrected chi connectivity index (χ1v) is 10.7. The fourth-order valence-electron chi connectivity index (χ4n) is 2.65. The smallest absolute Gasteiger partial charge is 0.325 e. The van der Waals surface area contributed by atoms with E-state index in [0.717, 1.165) is 30.0 Å². The molecule has 31 heavy (non-hydrogen) atoms. The Kier molecular flexibility index (Phi) is 7.31. The summed E-state index contributed by atoms with van der Waals surface area (Å²) in [6.07, 6.45) is -3.14. The Bertz CT molecular complexity index is 1090. The van der Waals surface area contributed by atoms with Crippen LogP contribution in [-0.2, 0) is 15.8 Å². The zero-order valence-electron chi connectivity index (χ0n) is 15.5. The first-order chi connectivity index (χ1) is 14.6. The van der Waals surface area contributed by atoms with E-state index in [1.165, 1.54) is 4.90 Å². The average Bonchev–Trinajstić information content (AvgIpc) is 2.95. The minimum atomic E-state index is -4.57. The average molecular weight is 505 g/mol. The summed E-state index contributed by atoms with van der Waals surface area (Å²) in [5, 5.41) is 2.79. The molecular formula is C20H13Cl2F3N2O2S2. The lowest BCUT2D eigenvalue weighted by molar-refractivity contribution is -0.137. The quantitative estimate of drug-likeness (QED) is 0.386. The van der Waals surface area contributed by atoms with Gasteiger partial charge >= 0.3 is 6.18 Å². The van der Waals surface area contributed by atoms with Crippen LogP contribution in [0.25, 0.3) is 6.08 Å². The van der Waals surface area contributed by atoms with E-state index in [0.29, 0.717) is 15.5 Å². The minimum absolute atomic E-state index is 0.0327. The van der Waals surface area contributed by atoms with Crippen LogP contribution in [0.2, 0.25) is 10.0 Å². The van der Waals surface area contributed by atoms with Gasteiger partial charge in [0, 0.05) is 18.0 Å². The number of halogens is 5. The number of rotatable bonds is 5. The summed E-state index contributed by atoms with van der Waals surface area (Å²) in [6.45, 7) is -0.0348. The fourth-order valence-corrected chi connectivity index (χ4v) is 4.30. The number of nitrogens with zero attached hydrogens (tertiary/aromatic N) is 1. The van der Waals surface area contributed by atoms with Gasteiger partial charge in [-0.3, -0.25) is 14.5 Å². The van der Waals surface area contributed by atoms with Gasteiger partial charge < -0.3 is 5.32 Å². The number of hydrogen-bond donors (Lipinski definition) is 1. The minimum Gasteiger partial charge on any atom is -0.325 e. The monoisotopic (exact) mass is 504 g/mol. The van der Waals surface area contributed by atoms with Crippen LogP contribution in [0.1, 0.15) is 17.5 Å². The molecular weight excluding hydrogens is 492 g/mol. The molecule has 0 spiro atoms. The number of amides is 2. The number of carbonyl (C=O) groups excluding carboxylic acids is 2. The van der Waals surface area contributed by atoms with Crippen LogP contribution in [0, 0.1) is 0 Å². The van der Waals surface area contributed by atoms with Crippen LogP contribution in [0.3, 0.4) is 0 Å². The molecule has 0 bridgehead atoms. The Morgan fingerprint density at radius 2 is 1.87 bits per heavy atom. The molecule has 3 rings (SSSR count). The molecule has 1 fully saturated rings. The Hall–Kier alpha value is -2.07. The van der Waals surface area contributed by atoms with Gasteiger partial charge in [0.2, 0.25) is 5.91 Å². The number of alkyl halides is 3. The molecule has 0 unspecified atom stereocenters. The van der Waals surface area contributed by atoms with Gasteiger partial charge in [0.15, 0.2) is 0 Å². The lowest BCUT2D eigenvalue weighted by Crippen LogP contribution is -2.31. The van der Waals surface area contributed by atoms with Crippen LogP contribution in [-0.4, -0.2) is 27.6 Å². The van der Waals surface area contributed by atoms with Crippen LogP contribution in [0.15, 0.2) is 47.4 Å². The van der Waals surface area contributed by atoms with Crippen molar-refractivity contribution in [1.82, 2.24) is 4.90 Å². The van der Waals surface area contributed by atoms with Crippen molar-refractivity contribution in [3.05, 3.63) is 68.5 Å². The Labute approximate surface area is 195 Å². The molecule has 0 atom stereocenters. The van der Waals surface area contributed by atoms with E-state index in [1.807, 2.05) is 0 Å². The Morgan fingerprint density at radius 3 is 2.55 bits per heavy atom. The van der Waals surface area contributed by atoms with E-state index in [1.54, 1.807) is 30.3 Å². The first-order valence-electron chi connectivity index (χ1n) is 8.73. The molecule has 1 aliphatic heterocycles. The third kappa shape index (κ3) is 5.79. The van der Waals surface area contributed by atoms with Gasteiger partial charge in [-0.15, -0.1) is 0 Å². The summed E-state index contributed by atoms with van der Waals surface area (Å²) < 4.78 is 38.9. The highest BCUT2D eigenvalue weighted by Crippen LogP contribution is 2.35. The third-order valence-electron chi connectivity index (χ3n) is 4.20. The zero-order chi connectivity index (χ0) is 22.8. The highest BCUT2D eigenvalue weighted by molar-refractivity contribution is 8.26. The van der Waals surface area contributed by atoms with Crippen molar-refractivity contribution >= 4 is 75.1 Å². The second kappa shape index (κ2) is 9.60. The summed E-state index contributed by atoms with van der Waals surface area (Å²) >= 11 is 18.3. The maximum atomic E-state index is 12.9. The lowest BCUT2D eigenvalue weighted by Gasteiger charge is -2.15. The highest BCUT2D eigenvalue weighted by Gasteiger charge is 2.33.